The first-order valence-corrected chi connectivity index (χ1v) is 6.17. The molecular weight excluding hydrogens is 188 g/mol. The van der Waals surface area contributed by atoms with Crippen LogP contribution in [0.2, 0.25) is 0 Å². The van der Waals surface area contributed by atoms with E-state index in [2.05, 4.69) is 17.1 Å². The van der Waals surface area contributed by atoms with Gasteiger partial charge in [0, 0.05) is 13.5 Å². The molecule has 3 nitrogen and oxygen atoms in total. The molecule has 3 fully saturated rings. The lowest BCUT2D eigenvalue weighted by atomic mass is 9.70. The van der Waals surface area contributed by atoms with Crippen LogP contribution in [0.1, 0.15) is 39.5 Å². The smallest absolute Gasteiger partial charge is 0.217 e. The number of piperidine rings is 3. The summed E-state index contributed by atoms with van der Waals surface area (Å²) in [5.74, 6) is 0.851. The first-order chi connectivity index (χ1) is 7.16. The zero-order valence-electron chi connectivity index (χ0n) is 9.88. The fraction of sp³-hybridized carbons (Fsp3) is 0.917. The quantitative estimate of drug-likeness (QED) is 0.763. The van der Waals surface area contributed by atoms with Crippen LogP contribution in [0, 0.1) is 5.92 Å². The van der Waals surface area contributed by atoms with Crippen molar-refractivity contribution in [2.75, 3.05) is 19.6 Å². The molecule has 0 unspecified atom stereocenters. The van der Waals surface area contributed by atoms with E-state index in [1.807, 2.05) is 0 Å². The average molecular weight is 210 g/mol. The van der Waals surface area contributed by atoms with E-state index < -0.39 is 0 Å². The first-order valence-electron chi connectivity index (χ1n) is 6.17. The summed E-state index contributed by atoms with van der Waals surface area (Å²) in [6.07, 6.45) is 4.82. The number of carbonyl (C=O) groups is 1. The van der Waals surface area contributed by atoms with Crippen molar-refractivity contribution in [2.45, 2.75) is 45.1 Å². The average Bonchev–Trinajstić information content (AvgIpc) is 2.18. The summed E-state index contributed by atoms with van der Waals surface area (Å²) in [4.78, 5) is 13.8. The highest BCUT2D eigenvalue weighted by Crippen LogP contribution is 2.38. The summed E-state index contributed by atoms with van der Waals surface area (Å²) < 4.78 is 0. The van der Waals surface area contributed by atoms with Crippen LogP contribution in [-0.2, 0) is 4.79 Å². The Morgan fingerprint density at radius 1 is 1.47 bits per heavy atom. The molecule has 0 aromatic heterocycles. The highest BCUT2D eigenvalue weighted by atomic mass is 16.1. The number of hydrogen-bond acceptors (Lipinski definition) is 2. The third-order valence-corrected chi connectivity index (χ3v) is 4.00. The molecule has 1 amide bonds. The molecule has 1 N–H and O–H groups in total. The van der Waals surface area contributed by atoms with Gasteiger partial charge in [0.15, 0.2) is 0 Å². The van der Waals surface area contributed by atoms with Crippen LogP contribution in [-0.4, -0.2) is 36.0 Å². The number of carbonyl (C=O) groups excluding carboxylic acids is 1. The lowest BCUT2D eigenvalue weighted by molar-refractivity contribution is -0.124. The van der Waals surface area contributed by atoms with Gasteiger partial charge in [-0.2, -0.15) is 0 Å². The molecule has 0 aliphatic carbocycles. The largest absolute Gasteiger partial charge is 0.349 e. The van der Waals surface area contributed by atoms with Crippen LogP contribution in [0.3, 0.4) is 0 Å². The Kier molecular flexibility index (Phi) is 3.01. The van der Waals surface area contributed by atoms with Gasteiger partial charge in [-0.1, -0.05) is 13.3 Å². The van der Waals surface area contributed by atoms with Crippen LogP contribution in [0.15, 0.2) is 0 Å². The van der Waals surface area contributed by atoms with Gasteiger partial charge in [0.05, 0.1) is 5.54 Å². The van der Waals surface area contributed by atoms with E-state index in [0.29, 0.717) is 5.92 Å². The van der Waals surface area contributed by atoms with Gasteiger partial charge >= 0.3 is 0 Å². The number of nitrogens with zero attached hydrogens (tertiary/aromatic N) is 1. The van der Waals surface area contributed by atoms with Gasteiger partial charge in [0.2, 0.25) is 5.91 Å². The number of nitrogens with one attached hydrogen (secondary N) is 1. The molecule has 0 aromatic rings. The SMILES string of the molecule is CCC[C@@]1(NC(C)=O)CN2CCC1CC2. The molecule has 3 heteroatoms. The molecule has 3 rings (SSSR count). The van der Waals surface area contributed by atoms with Gasteiger partial charge in [-0.15, -0.1) is 0 Å². The lowest BCUT2D eigenvalue weighted by Crippen LogP contribution is -2.66. The predicted octanol–water partition coefficient (Wildman–Crippen LogP) is 1.39. The summed E-state index contributed by atoms with van der Waals surface area (Å²) in [6, 6.07) is 0. The van der Waals surface area contributed by atoms with E-state index >= 15 is 0 Å². The second kappa shape index (κ2) is 4.12. The van der Waals surface area contributed by atoms with Crippen LogP contribution in [0.5, 0.6) is 0 Å². The maximum Gasteiger partial charge on any atom is 0.217 e. The Labute approximate surface area is 92.2 Å². The lowest BCUT2D eigenvalue weighted by Gasteiger charge is -2.53. The molecular formula is C12H22N2O. The van der Waals surface area contributed by atoms with Crippen molar-refractivity contribution in [1.82, 2.24) is 10.2 Å². The van der Waals surface area contributed by atoms with E-state index in [1.165, 1.54) is 25.9 Å². The van der Waals surface area contributed by atoms with E-state index in [1.54, 1.807) is 6.92 Å². The summed E-state index contributed by atoms with van der Waals surface area (Å²) in [5.41, 5.74) is 0.0943. The number of hydrogen-bond donors (Lipinski definition) is 1. The van der Waals surface area contributed by atoms with Crippen molar-refractivity contribution in [2.24, 2.45) is 5.92 Å². The predicted molar refractivity (Wildman–Crippen MR) is 60.6 cm³/mol. The van der Waals surface area contributed by atoms with Gasteiger partial charge in [0.1, 0.15) is 0 Å². The highest BCUT2D eigenvalue weighted by Gasteiger charge is 2.46. The minimum Gasteiger partial charge on any atom is -0.349 e. The van der Waals surface area contributed by atoms with Gasteiger partial charge in [-0.3, -0.25) is 4.79 Å². The second-order valence-corrected chi connectivity index (χ2v) is 5.14. The number of amides is 1. The van der Waals surface area contributed by atoms with Crippen molar-refractivity contribution in [1.29, 1.82) is 0 Å². The third-order valence-electron chi connectivity index (χ3n) is 4.00. The van der Waals surface area contributed by atoms with Crippen molar-refractivity contribution in [3.05, 3.63) is 0 Å². The van der Waals surface area contributed by atoms with E-state index in [-0.39, 0.29) is 11.4 Å². The number of rotatable bonds is 3. The van der Waals surface area contributed by atoms with Crippen LogP contribution < -0.4 is 5.32 Å². The molecule has 0 saturated carbocycles. The maximum atomic E-state index is 11.3. The molecule has 1 atom stereocenters. The van der Waals surface area contributed by atoms with Gasteiger partial charge < -0.3 is 10.2 Å². The molecule has 3 saturated heterocycles. The molecule has 0 radical (unpaired) electrons. The van der Waals surface area contributed by atoms with Crippen LogP contribution in [0.4, 0.5) is 0 Å². The Morgan fingerprint density at radius 2 is 2.13 bits per heavy atom. The minimum absolute atomic E-state index is 0.0943. The highest BCUT2D eigenvalue weighted by molar-refractivity contribution is 5.74. The van der Waals surface area contributed by atoms with Crippen molar-refractivity contribution in [3.8, 4) is 0 Å². The second-order valence-electron chi connectivity index (χ2n) is 5.14. The molecule has 3 aliphatic rings. The van der Waals surface area contributed by atoms with Crippen molar-refractivity contribution >= 4 is 5.91 Å². The first kappa shape index (κ1) is 10.9. The fourth-order valence-corrected chi connectivity index (χ4v) is 3.46. The molecule has 3 aliphatic heterocycles. The van der Waals surface area contributed by atoms with Gasteiger partial charge in [0.25, 0.3) is 0 Å². The maximum absolute atomic E-state index is 11.3. The van der Waals surface area contributed by atoms with E-state index in [4.69, 9.17) is 0 Å². The molecule has 0 aromatic carbocycles. The molecule has 3 heterocycles. The number of fused-ring (bicyclic) bond motifs is 3. The van der Waals surface area contributed by atoms with Crippen LogP contribution >= 0.6 is 0 Å². The Balaban J connectivity index is 2.14. The van der Waals surface area contributed by atoms with Crippen molar-refractivity contribution < 1.29 is 4.79 Å². The monoisotopic (exact) mass is 210 g/mol. The van der Waals surface area contributed by atoms with Crippen LogP contribution in [0.25, 0.3) is 0 Å². The summed E-state index contributed by atoms with van der Waals surface area (Å²) in [6.45, 7) is 7.40. The summed E-state index contributed by atoms with van der Waals surface area (Å²) in [5, 5.41) is 3.25. The van der Waals surface area contributed by atoms with E-state index in [9.17, 15) is 4.79 Å². The topological polar surface area (TPSA) is 32.3 Å². The minimum atomic E-state index is 0.0943. The Bertz CT molecular complexity index is 246. The Hall–Kier alpha value is -0.570. The van der Waals surface area contributed by atoms with Crippen molar-refractivity contribution in [3.63, 3.8) is 0 Å². The zero-order chi connectivity index (χ0) is 10.9. The third kappa shape index (κ3) is 2.03. The van der Waals surface area contributed by atoms with E-state index in [0.717, 1.165) is 19.4 Å². The van der Waals surface area contributed by atoms with Gasteiger partial charge in [-0.05, 0) is 38.3 Å². The Morgan fingerprint density at radius 3 is 2.53 bits per heavy atom. The fourth-order valence-electron chi connectivity index (χ4n) is 3.46. The molecule has 0 spiro atoms. The summed E-state index contributed by atoms with van der Waals surface area (Å²) >= 11 is 0. The zero-order valence-corrected chi connectivity index (χ0v) is 9.88. The molecule has 2 bridgehead atoms. The van der Waals surface area contributed by atoms with Gasteiger partial charge in [-0.25, -0.2) is 0 Å². The summed E-state index contributed by atoms with van der Waals surface area (Å²) in [7, 11) is 0. The normalized spacial score (nSPS) is 39.1. The molecule has 15 heavy (non-hydrogen) atoms. The molecule has 86 valence electrons. The standard InChI is InChI=1S/C12H22N2O/c1-3-6-12(13-10(2)15)9-14-7-4-11(12)5-8-14/h11H,3-9H2,1-2H3,(H,13,15)/t12-/m1/s1.